The highest BCUT2D eigenvalue weighted by molar-refractivity contribution is 7.85. The summed E-state index contributed by atoms with van der Waals surface area (Å²) in [5.41, 5.74) is 0.513. The Bertz CT molecular complexity index is 377. The third-order valence-electron chi connectivity index (χ3n) is 1.98. The average Bonchev–Trinajstić information content (AvgIpc) is 2.28. The minimum absolute atomic E-state index is 0.157. The third-order valence-corrected chi connectivity index (χ3v) is 3.35. The number of carbonyl (C=O) groups is 1. The van der Waals surface area contributed by atoms with E-state index in [4.69, 9.17) is 0 Å². The van der Waals surface area contributed by atoms with Crippen molar-refractivity contribution in [3.8, 4) is 0 Å². The van der Waals surface area contributed by atoms with E-state index >= 15 is 0 Å². The maximum absolute atomic E-state index is 11.7. The Kier molecular flexibility index (Phi) is 4.49. The quantitative estimate of drug-likeness (QED) is 0.845. The fourth-order valence-electron chi connectivity index (χ4n) is 1.26. The van der Waals surface area contributed by atoms with Crippen LogP contribution in [0.2, 0.25) is 0 Å². The second-order valence-electron chi connectivity index (χ2n) is 2.99. The molecule has 4 heteroatoms. The predicted octanol–water partition coefficient (Wildman–Crippen LogP) is 1.56. The Labute approximate surface area is 92.3 Å². The first kappa shape index (κ1) is 11.9. The van der Waals surface area contributed by atoms with Crippen LogP contribution in [-0.4, -0.2) is 22.4 Å². The number of benzene rings is 1. The molecule has 1 aromatic rings. The van der Waals surface area contributed by atoms with E-state index in [0.29, 0.717) is 22.8 Å². The molecule has 82 valence electrons. The molecule has 0 aliphatic carbocycles. The minimum Gasteiger partial charge on any atom is -0.352 e. The molecule has 0 saturated heterocycles. The van der Waals surface area contributed by atoms with Crippen molar-refractivity contribution in [1.29, 1.82) is 0 Å². The summed E-state index contributed by atoms with van der Waals surface area (Å²) < 4.78 is 11.7. The Balaban J connectivity index is 3.06. The van der Waals surface area contributed by atoms with Gasteiger partial charge in [-0.15, -0.1) is 0 Å². The second kappa shape index (κ2) is 5.66. The van der Waals surface area contributed by atoms with Gasteiger partial charge in [0.1, 0.15) is 0 Å². The van der Waals surface area contributed by atoms with Crippen LogP contribution in [0.15, 0.2) is 29.2 Å². The van der Waals surface area contributed by atoms with Crippen LogP contribution in [0.1, 0.15) is 24.2 Å². The molecule has 0 aliphatic rings. The van der Waals surface area contributed by atoms with Gasteiger partial charge in [0.15, 0.2) is 0 Å². The lowest BCUT2D eigenvalue weighted by molar-refractivity contribution is 0.0953. The van der Waals surface area contributed by atoms with Crippen LogP contribution >= 0.6 is 0 Å². The van der Waals surface area contributed by atoms with E-state index in [-0.39, 0.29) is 5.91 Å². The minimum atomic E-state index is -1.09. The van der Waals surface area contributed by atoms with Crippen molar-refractivity contribution in [3.05, 3.63) is 29.8 Å². The molecule has 1 atom stereocenters. The Morgan fingerprint density at radius 2 is 2.00 bits per heavy atom. The van der Waals surface area contributed by atoms with E-state index in [9.17, 15) is 9.00 Å². The molecule has 0 fully saturated rings. The van der Waals surface area contributed by atoms with E-state index < -0.39 is 10.8 Å². The molecule has 1 amide bonds. The molecule has 0 saturated carbocycles. The standard InChI is InChI=1S/C11H15NO2S/c1-3-12-11(13)9-7-5-6-8-10(9)15(14)4-2/h5-8H,3-4H2,1-2H3,(H,12,13). The van der Waals surface area contributed by atoms with Gasteiger partial charge in [-0.2, -0.15) is 0 Å². The highest BCUT2D eigenvalue weighted by Crippen LogP contribution is 2.13. The fraction of sp³-hybridized carbons (Fsp3) is 0.364. The number of hydrogen-bond acceptors (Lipinski definition) is 2. The van der Waals surface area contributed by atoms with Crippen LogP contribution in [0.3, 0.4) is 0 Å². The van der Waals surface area contributed by atoms with Crippen LogP contribution in [0.5, 0.6) is 0 Å². The van der Waals surface area contributed by atoms with Crippen molar-refractivity contribution in [2.24, 2.45) is 0 Å². The largest absolute Gasteiger partial charge is 0.352 e. The van der Waals surface area contributed by atoms with Gasteiger partial charge < -0.3 is 5.32 Å². The maximum atomic E-state index is 11.7. The van der Waals surface area contributed by atoms with Crippen molar-refractivity contribution in [2.45, 2.75) is 18.7 Å². The molecular weight excluding hydrogens is 210 g/mol. The van der Waals surface area contributed by atoms with Crippen LogP contribution in [0.4, 0.5) is 0 Å². The first-order valence-corrected chi connectivity index (χ1v) is 6.28. The maximum Gasteiger partial charge on any atom is 0.252 e. The number of amides is 1. The zero-order chi connectivity index (χ0) is 11.3. The summed E-state index contributed by atoms with van der Waals surface area (Å²) in [4.78, 5) is 12.3. The lowest BCUT2D eigenvalue weighted by Gasteiger charge is -2.07. The van der Waals surface area contributed by atoms with Gasteiger partial charge in [-0.25, -0.2) is 0 Å². The van der Waals surface area contributed by atoms with Crippen LogP contribution in [0.25, 0.3) is 0 Å². The number of hydrogen-bond donors (Lipinski definition) is 1. The van der Waals surface area contributed by atoms with Gasteiger partial charge in [0, 0.05) is 12.3 Å². The van der Waals surface area contributed by atoms with E-state index in [0.717, 1.165) is 0 Å². The van der Waals surface area contributed by atoms with Crippen molar-refractivity contribution >= 4 is 16.7 Å². The summed E-state index contributed by atoms with van der Waals surface area (Å²) in [6, 6.07) is 7.02. The molecule has 0 radical (unpaired) electrons. The number of nitrogens with one attached hydrogen (secondary N) is 1. The van der Waals surface area contributed by atoms with Crippen molar-refractivity contribution in [3.63, 3.8) is 0 Å². The predicted molar refractivity (Wildman–Crippen MR) is 61.4 cm³/mol. The molecule has 0 spiro atoms. The van der Waals surface area contributed by atoms with Gasteiger partial charge in [-0.1, -0.05) is 19.1 Å². The van der Waals surface area contributed by atoms with Crippen LogP contribution in [-0.2, 0) is 10.8 Å². The van der Waals surface area contributed by atoms with E-state index in [1.54, 1.807) is 24.3 Å². The SMILES string of the molecule is CCNC(=O)c1ccccc1S(=O)CC. The van der Waals surface area contributed by atoms with Gasteiger partial charge >= 0.3 is 0 Å². The monoisotopic (exact) mass is 225 g/mol. The normalized spacial score (nSPS) is 12.1. The van der Waals surface area contributed by atoms with Crippen LogP contribution in [0, 0.1) is 0 Å². The Morgan fingerprint density at radius 1 is 1.33 bits per heavy atom. The van der Waals surface area contributed by atoms with Gasteiger partial charge in [-0.05, 0) is 19.1 Å². The molecular formula is C11H15NO2S. The van der Waals surface area contributed by atoms with Crippen molar-refractivity contribution in [1.82, 2.24) is 5.32 Å². The lowest BCUT2D eigenvalue weighted by atomic mass is 10.2. The smallest absolute Gasteiger partial charge is 0.252 e. The number of rotatable bonds is 4. The van der Waals surface area contributed by atoms with Gasteiger partial charge in [-0.3, -0.25) is 9.00 Å². The third kappa shape index (κ3) is 2.89. The summed E-state index contributed by atoms with van der Waals surface area (Å²) in [5, 5.41) is 2.71. The fourth-order valence-corrected chi connectivity index (χ4v) is 2.21. The second-order valence-corrected chi connectivity index (χ2v) is 4.70. The highest BCUT2D eigenvalue weighted by Gasteiger charge is 2.13. The lowest BCUT2D eigenvalue weighted by Crippen LogP contribution is -2.24. The van der Waals surface area contributed by atoms with Crippen LogP contribution < -0.4 is 5.32 Å². The molecule has 1 aromatic carbocycles. The summed E-state index contributed by atoms with van der Waals surface area (Å²) >= 11 is 0. The molecule has 0 aliphatic heterocycles. The van der Waals surface area contributed by atoms with E-state index in [1.165, 1.54) is 0 Å². The molecule has 1 rings (SSSR count). The topological polar surface area (TPSA) is 46.2 Å². The summed E-state index contributed by atoms with van der Waals surface area (Å²) in [7, 11) is -1.09. The van der Waals surface area contributed by atoms with E-state index in [1.807, 2.05) is 13.8 Å². The average molecular weight is 225 g/mol. The van der Waals surface area contributed by atoms with Gasteiger partial charge in [0.25, 0.3) is 5.91 Å². The molecule has 1 unspecified atom stereocenters. The summed E-state index contributed by atoms with van der Waals surface area (Å²) in [5.74, 6) is 0.367. The Hall–Kier alpha value is -1.16. The Morgan fingerprint density at radius 3 is 2.60 bits per heavy atom. The molecule has 3 nitrogen and oxygen atoms in total. The highest BCUT2D eigenvalue weighted by atomic mass is 32.2. The van der Waals surface area contributed by atoms with Gasteiger partial charge in [0.05, 0.1) is 21.3 Å². The van der Waals surface area contributed by atoms with Gasteiger partial charge in [0.2, 0.25) is 0 Å². The zero-order valence-corrected chi connectivity index (χ0v) is 9.76. The number of carbonyl (C=O) groups excluding carboxylic acids is 1. The molecule has 15 heavy (non-hydrogen) atoms. The first-order valence-electron chi connectivity index (χ1n) is 4.96. The summed E-state index contributed by atoms with van der Waals surface area (Å²) in [6.45, 7) is 4.27. The first-order chi connectivity index (χ1) is 7.20. The molecule has 0 heterocycles. The molecule has 0 bridgehead atoms. The van der Waals surface area contributed by atoms with Crippen molar-refractivity contribution < 1.29 is 9.00 Å². The molecule has 1 N–H and O–H groups in total. The van der Waals surface area contributed by atoms with E-state index in [2.05, 4.69) is 5.32 Å². The molecule has 0 aromatic heterocycles. The zero-order valence-electron chi connectivity index (χ0n) is 8.95. The summed E-state index contributed by atoms with van der Waals surface area (Å²) in [6.07, 6.45) is 0. The van der Waals surface area contributed by atoms with Crippen molar-refractivity contribution in [2.75, 3.05) is 12.3 Å².